The van der Waals surface area contributed by atoms with Crippen molar-refractivity contribution in [2.45, 2.75) is 26.2 Å². The van der Waals surface area contributed by atoms with E-state index in [1.54, 1.807) is 0 Å². The molecular weight excluding hydrogens is 232 g/mol. The Labute approximate surface area is 89.5 Å². The van der Waals surface area contributed by atoms with Crippen molar-refractivity contribution < 1.29 is 13.0 Å². The Balaban J connectivity index is 4.07. The lowest BCUT2D eigenvalue weighted by molar-refractivity contribution is 0.235. The van der Waals surface area contributed by atoms with Crippen molar-refractivity contribution in [1.29, 1.82) is 0 Å². The van der Waals surface area contributed by atoms with Crippen molar-refractivity contribution >= 4 is 37.6 Å². The maximum Gasteiger partial charge on any atom is 0.322 e. The molecule has 0 spiro atoms. The summed E-state index contributed by atoms with van der Waals surface area (Å²) in [5, 5.41) is 0. The molecule has 0 saturated carbocycles. The van der Waals surface area contributed by atoms with Crippen LogP contribution in [0.2, 0.25) is 26.2 Å². The molecule has 3 nitrogen and oxygen atoms in total. The van der Waals surface area contributed by atoms with Crippen molar-refractivity contribution in [2.24, 2.45) is 0 Å². The zero-order valence-corrected chi connectivity index (χ0v) is 12.6. The van der Waals surface area contributed by atoms with E-state index in [-0.39, 0.29) is 0 Å². The fraction of sp³-hybridized carbons (Fsp3) is 1.00. The molecule has 0 aliphatic carbocycles. The van der Waals surface area contributed by atoms with Crippen LogP contribution in [-0.4, -0.2) is 50.1 Å². The minimum Gasteiger partial charge on any atom is -0.415 e. The number of rotatable bonds is 6. The fourth-order valence-electron chi connectivity index (χ4n) is 0.998. The van der Waals surface area contributed by atoms with Crippen LogP contribution >= 0.6 is 0 Å². The highest BCUT2D eigenvalue weighted by atomic mass is 28.5. The fourth-order valence-corrected chi connectivity index (χ4v) is 8.99. The smallest absolute Gasteiger partial charge is 0.322 e. The predicted molar refractivity (Wildman–Crippen MR) is 59.5 cm³/mol. The van der Waals surface area contributed by atoms with Crippen molar-refractivity contribution in [3.05, 3.63) is 0 Å². The lowest BCUT2D eigenvalue weighted by atomic mass is 11.7. The van der Waals surface area contributed by atoms with Gasteiger partial charge in [0.25, 0.3) is 0 Å². The second-order valence-electron chi connectivity index (χ2n) is 3.48. The molecule has 0 fully saturated rings. The maximum atomic E-state index is 5.88. The van der Waals surface area contributed by atoms with Gasteiger partial charge in [0.05, 0.1) is 20.5 Å². The van der Waals surface area contributed by atoms with Crippen LogP contribution in [0.15, 0.2) is 0 Å². The van der Waals surface area contributed by atoms with Gasteiger partial charge in [0.2, 0.25) is 0 Å². The first-order valence-electron chi connectivity index (χ1n) is 4.10. The Kier molecular flexibility index (Phi) is 5.91. The summed E-state index contributed by atoms with van der Waals surface area (Å²) in [4.78, 5) is 0. The van der Waals surface area contributed by atoms with E-state index in [4.69, 9.17) is 13.0 Å². The van der Waals surface area contributed by atoms with Crippen molar-refractivity contribution in [1.82, 2.24) is 0 Å². The molecule has 0 aromatic heterocycles. The first kappa shape index (κ1) is 13.7. The molecule has 0 atom stereocenters. The van der Waals surface area contributed by atoms with Crippen LogP contribution in [0.25, 0.3) is 0 Å². The maximum absolute atomic E-state index is 5.88. The first-order chi connectivity index (χ1) is 5.83. The zero-order chi connectivity index (χ0) is 10.5. The van der Waals surface area contributed by atoms with Crippen molar-refractivity contribution in [3.8, 4) is 0 Å². The summed E-state index contributed by atoms with van der Waals surface area (Å²) in [6.45, 7) is 8.05. The Bertz CT molecular complexity index is 135. The van der Waals surface area contributed by atoms with Crippen LogP contribution in [0.1, 0.15) is 0 Å². The second kappa shape index (κ2) is 5.59. The molecule has 0 aliphatic heterocycles. The average molecular weight is 249 g/mol. The SMILES string of the molecule is C[Si](C)(OC[Si])O[Si](C)(C)OC[Si]. The third-order valence-corrected chi connectivity index (χ3v) is 7.81. The van der Waals surface area contributed by atoms with E-state index in [9.17, 15) is 0 Å². The highest BCUT2D eigenvalue weighted by Gasteiger charge is 2.35. The van der Waals surface area contributed by atoms with Gasteiger partial charge in [0.1, 0.15) is 0 Å². The van der Waals surface area contributed by atoms with E-state index in [1.165, 1.54) is 0 Å². The lowest BCUT2D eigenvalue weighted by Gasteiger charge is -2.32. The molecule has 0 amide bonds. The standard InChI is InChI=1S/C6H16O3Si4/c1-12(2,7-5-10)9-13(3,4)8-6-11/h5-6H2,1-4H3. The quantitative estimate of drug-likeness (QED) is 0.648. The van der Waals surface area contributed by atoms with Gasteiger partial charge in [-0.25, -0.2) is 0 Å². The lowest BCUT2D eigenvalue weighted by Crippen LogP contribution is -2.48. The van der Waals surface area contributed by atoms with Gasteiger partial charge >= 0.3 is 17.1 Å². The summed E-state index contributed by atoms with van der Waals surface area (Å²) in [7, 11) is 2.53. The third-order valence-electron chi connectivity index (χ3n) is 1.33. The molecule has 6 radical (unpaired) electrons. The first-order valence-corrected chi connectivity index (χ1v) is 11.1. The molecule has 0 saturated heterocycles. The summed E-state index contributed by atoms with van der Waals surface area (Å²) in [5.74, 6) is 0. The molecule has 0 unspecified atom stereocenters. The number of hydrogen-bond acceptors (Lipinski definition) is 3. The molecule has 0 N–H and O–H groups in total. The molecule has 0 heterocycles. The van der Waals surface area contributed by atoms with Crippen LogP contribution < -0.4 is 0 Å². The van der Waals surface area contributed by atoms with Crippen molar-refractivity contribution in [3.63, 3.8) is 0 Å². The highest BCUT2D eigenvalue weighted by molar-refractivity contribution is 6.78. The van der Waals surface area contributed by atoms with Crippen LogP contribution in [0.3, 0.4) is 0 Å². The second-order valence-corrected chi connectivity index (χ2v) is 11.0. The Morgan fingerprint density at radius 1 is 0.846 bits per heavy atom. The predicted octanol–water partition coefficient (Wildman–Crippen LogP) is 0.692. The monoisotopic (exact) mass is 248 g/mol. The highest BCUT2D eigenvalue weighted by Crippen LogP contribution is 2.15. The van der Waals surface area contributed by atoms with Crippen LogP contribution in [-0.2, 0) is 13.0 Å². The van der Waals surface area contributed by atoms with Gasteiger partial charge in [-0.05, 0) is 26.2 Å². The largest absolute Gasteiger partial charge is 0.415 e. The minimum atomic E-state index is -2.01. The molecule has 0 rings (SSSR count). The molecule has 0 aromatic carbocycles. The zero-order valence-electron chi connectivity index (χ0n) is 8.64. The molecule has 74 valence electrons. The Morgan fingerprint density at radius 2 is 1.15 bits per heavy atom. The van der Waals surface area contributed by atoms with Gasteiger partial charge in [-0.2, -0.15) is 0 Å². The van der Waals surface area contributed by atoms with Gasteiger partial charge in [-0.15, -0.1) is 0 Å². The Hall–Kier alpha value is 0.748. The van der Waals surface area contributed by atoms with Gasteiger partial charge in [0.15, 0.2) is 0 Å². The van der Waals surface area contributed by atoms with Crippen LogP contribution in [0.4, 0.5) is 0 Å². The van der Waals surface area contributed by atoms with Crippen molar-refractivity contribution in [2.75, 3.05) is 12.5 Å². The summed E-state index contributed by atoms with van der Waals surface area (Å²) < 4.78 is 16.8. The normalized spacial score (nSPS) is 13.4. The van der Waals surface area contributed by atoms with E-state index in [1.807, 2.05) is 26.2 Å². The molecular formula is C6H16O3Si4. The average Bonchev–Trinajstić information content (AvgIpc) is 1.82. The van der Waals surface area contributed by atoms with E-state index < -0.39 is 17.1 Å². The topological polar surface area (TPSA) is 27.7 Å². The van der Waals surface area contributed by atoms with Crippen LogP contribution in [0, 0.1) is 0 Å². The van der Waals surface area contributed by atoms with E-state index in [2.05, 4.69) is 20.5 Å². The molecule has 7 heteroatoms. The summed E-state index contributed by atoms with van der Waals surface area (Å²) in [6.07, 6.45) is 1.02. The summed E-state index contributed by atoms with van der Waals surface area (Å²) in [5.41, 5.74) is 0. The molecule has 0 aliphatic rings. The van der Waals surface area contributed by atoms with E-state index in [0.29, 0.717) is 12.5 Å². The third kappa shape index (κ3) is 6.77. The number of hydrogen-bond donors (Lipinski definition) is 0. The van der Waals surface area contributed by atoms with E-state index >= 15 is 0 Å². The summed E-state index contributed by atoms with van der Waals surface area (Å²) in [6, 6.07) is 0. The van der Waals surface area contributed by atoms with E-state index in [0.717, 1.165) is 0 Å². The molecule has 0 aromatic rings. The molecule has 0 bridgehead atoms. The van der Waals surface area contributed by atoms with Crippen LogP contribution in [0.5, 0.6) is 0 Å². The van der Waals surface area contributed by atoms with Gasteiger partial charge in [-0.3, -0.25) is 0 Å². The molecule has 13 heavy (non-hydrogen) atoms. The van der Waals surface area contributed by atoms with Gasteiger partial charge < -0.3 is 13.0 Å². The minimum absolute atomic E-state index is 0.511. The van der Waals surface area contributed by atoms with Gasteiger partial charge in [-0.1, -0.05) is 0 Å². The summed E-state index contributed by atoms with van der Waals surface area (Å²) >= 11 is 0. The Morgan fingerprint density at radius 3 is 1.38 bits per heavy atom. The van der Waals surface area contributed by atoms with Gasteiger partial charge in [0, 0.05) is 12.5 Å².